The number of benzene rings is 1. The number of fused-ring (bicyclic) bond motifs is 5. The monoisotopic (exact) mass is 547 g/mol. The maximum Gasteiger partial charge on any atom is 0.338 e. The fourth-order valence-electron chi connectivity index (χ4n) is 10.7. The van der Waals surface area contributed by atoms with Gasteiger partial charge in [0.25, 0.3) is 0 Å². The number of esters is 1. The number of phenolic OH excluding ortho intramolecular Hbond substituents is 1. The molecule has 2 N–H and O–H groups in total. The number of rotatable bonds is 4. The van der Waals surface area contributed by atoms with Crippen molar-refractivity contribution in [3.05, 3.63) is 40.5 Å². The zero-order valence-electron chi connectivity index (χ0n) is 25.9. The number of nitrogens with one attached hydrogen (secondary N) is 1. The van der Waals surface area contributed by atoms with Gasteiger partial charge in [0, 0.05) is 12.5 Å². The molecule has 0 aromatic heterocycles. The van der Waals surface area contributed by atoms with Gasteiger partial charge in [-0.2, -0.15) is 0 Å². The summed E-state index contributed by atoms with van der Waals surface area (Å²) in [6.07, 6.45) is 15.0. The van der Waals surface area contributed by atoms with Crippen LogP contribution >= 0.6 is 0 Å². The van der Waals surface area contributed by atoms with Gasteiger partial charge in [0.2, 0.25) is 0 Å². The molecule has 0 amide bonds. The molecular formula is C36H53NO3. The topological polar surface area (TPSA) is 58.6 Å². The Morgan fingerprint density at radius 2 is 1.77 bits per heavy atom. The Kier molecular flexibility index (Phi) is 7.42. The largest absolute Gasteiger partial charge is 0.507 e. The maximum absolute atomic E-state index is 13.0. The lowest BCUT2D eigenvalue weighted by molar-refractivity contribution is -0.0617. The SMILES string of the molecule is Cc1cc(C(=O)OC2CCC3(C)C(=CCC4C3CCC3(C)C(C(C)C5CCC(C)CN5)CCC43)C2)cc(C)c1O. The van der Waals surface area contributed by atoms with E-state index in [9.17, 15) is 9.90 Å². The van der Waals surface area contributed by atoms with E-state index in [0.29, 0.717) is 17.0 Å². The second kappa shape index (κ2) is 10.5. The predicted octanol–water partition coefficient (Wildman–Crippen LogP) is 8.14. The molecule has 0 radical (unpaired) electrons. The van der Waals surface area contributed by atoms with Crippen molar-refractivity contribution in [3.63, 3.8) is 0 Å². The van der Waals surface area contributed by atoms with E-state index in [1.54, 1.807) is 17.7 Å². The zero-order valence-corrected chi connectivity index (χ0v) is 25.9. The molecule has 40 heavy (non-hydrogen) atoms. The summed E-state index contributed by atoms with van der Waals surface area (Å²) in [4.78, 5) is 13.0. The third-order valence-electron chi connectivity index (χ3n) is 13.1. The minimum Gasteiger partial charge on any atom is -0.507 e. The van der Waals surface area contributed by atoms with Gasteiger partial charge in [-0.3, -0.25) is 0 Å². The summed E-state index contributed by atoms with van der Waals surface area (Å²) in [6.45, 7) is 15.1. The van der Waals surface area contributed by atoms with Gasteiger partial charge in [-0.25, -0.2) is 4.79 Å². The Hall–Kier alpha value is -1.81. The highest BCUT2D eigenvalue weighted by Crippen LogP contribution is 2.67. The lowest BCUT2D eigenvalue weighted by Gasteiger charge is -2.58. The van der Waals surface area contributed by atoms with E-state index in [4.69, 9.17) is 4.74 Å². The molecule has 4 fully saturated rings. The van der Waals surface area contributed by atoms with Crippen LogP contribution in [0.1, 0.15) is 113 Å². The highest BCUT2D eigenvalue weighted by atomic mass is 16.5. The predicted molar refractivity (Wildman–Crippen MR) is 161 cm³/mol. The first-order valence-corrected chi connectivity index (χ1v) is 16.5. The van der Waals surface area contributed by atoms with Gasteiger partial charge in [-0.1, -0.05) is 39.3 Å². The van der Waals surface area contributed by atoms with Gasteiger partial charge in [-0.15, -0.1) is 0 Å². The zero-order chi connectivity index (χ0) is 28.4. The van der Waals surface area contributed by atoms with Crippen molar-refractivity contribution in [1.82, 2.24) is 5.32 Å². The van der Waals surface area contributed by atoms with Crippen LogP contribution in [0.15, 0.2) is 23.8 Å². The average molecular weight is 548 g/mol. The van der Waals surface area contributed by atoms with Crippen LogP contribution in [0.5, 0.6) is 5.75 Å². The molecular weight excluding hydrogens is 494 g/mol. The number of hydrogen-bond donors (Lipinski definition) is 2. The second-order valence-corrected chi connectivity index (χ2v) is 15.3. The van der Waals surface area contributed by atoms with Gasteiger partial charge >= 0.3 is 5.97 Å². The van der Waals surface area contributed by atoms with Crippen LogP contribution in [0.2, 0.25) is 0 Å². The molecule has 0 spiro atoms. The van der Waals surface area contributed by atoms with Crippen molar-refractivity contribution in [1.29, 1.82) is 0 Å². The minimum absolute atomic E-state index is 0.0472. The van der Waals surface area contributed by atoms with Gasteiger partial charge in [0.15, 0.2) is 0 Å². The Bertz CT molecular complexity index is 1140. The summed E-state index contributed by atoms with van der Waals surface area (Å²) in [5.41, 5.74) is 4.29. The second-order valence-electron chi connectivity index (χ2n) is 15.3. The van der Waals surface area contributed by atoms with E-state index in [0.717, 1.165) is 65.9 Å². The summed E-state index contributed by atoms with van der Waals surface area (Å²) < 4.78 is 6.08. The molecule has 1 aromatic rings. The van der Waals surface area contributed by atoms with Crippen LogP contribution in [0.25, 0.3) is 0 Å². The molecule has 1 aromatic carbocycles. The summed E-state index contributed by atoms with van der Waals surface area (Å²) in [7, 11) is 0. The first-order chi connectivity index (χ1) is 19.0. The molecule has 10 unspecified atom stereocenters. The molecule has 10 atom stereocenters. The molecule has 1 aliphatic heterocycles. The summed E-state index contributed by atoms with van der Waals surface area (Å²) in [5.74, 6) is 4.90. The van der Waals surface area contributed by atoms with E-state index in [1.807, 2.05) is 13.8 Å². The number of carbonyl (C=O) groups excluding carboxylic acids is 1. The number of piperidine rings is 1. The minimum atomic E-state index is -0.254. The van der Waals surface area contributed by atoms with Gasteiger partial charge in [0.05, 0.1) is 5.56 Å². The van der Waals surface area contributed by atoms with Crippen LogP contribution in [-0.4, -0.2) is 29.8 Å². The number of aryl methyl sites for hydroxylation is 2. The third-order valence-corrected chi connectivity index (χ3v) is 13.1. The first-order valence-electron chi connectivity index (χ1n) is 16.5. The number of allylic oxidation sites excluding steroid dienone is 1. The Labute approximate surface area is 242 Å². The Morgan fingerprint density at radius 3 is 2.48 bits per heavy atom. The van der Waals surface area contributed by atoms with Crippen LogP contribution in [-0.2, 0) is 4.74 Å². The molecule has 6 rings (SSSR count). The van der Waals surface area contributed by atoms with E-state index in [2.05, 4.69) is 39.1 Å². The van der Waals surface area contributed by atoms with Crippen molar-refractivity contribution in [2.45, 2.75) is 118 Å². The lowest BCUT2D eigenvalue weighted by atomic mass is 9.47. The van der Waals surface area contributed by atoms with E-state index in [1.165, 1.54) is 51.5 Å². The van der Waals surface area contributed by atoms with Crippen molar-refractivity contribution < 1.29 is 14.6 Å². The fourth-order valence-corrected chi connectivity index (χ4v) is 10.7. The molecule has 4 aliphatic carbocycles. The van der Waals surface area contributed by atoms with Gasteiger partial charge in [-0.05, 0) is 148 Å². The molecule has 1 saturated heterocycles. The number of ether oxygens (including phenoxy) is 1. The number of hydrogen-bond acceptors (Lipinski definition) is 4. The van der Waals surface area contributed by atoms with Crippen molar-refractivity contribution in [2.75, 3.05) is 6.54 Å². The fraction of sp³-hybridized carbons (Fsp3) is 0.750. The van der Waals surface area contributed by atoms with E-state index < -0.39 is 0 Å². The third kappa shape index (κ3) is 4.65. The summed E-state index contributed by atoms with van der Waals surface area (Å²) in [6, 6.07) is 4.21. The summed E-state index contributed by atoms with van der Waals surface area (Å²) in [5, 5.41) is 14.0. The molecule has 4 nitrogen and oxygen atoms in total. The molecule has 4 heteroatoms. The van der Waals surface area contributed by atoms with Crippen molar-refractivity contribution in [3.8, 4) is 5.75 Å². The Balaban J connectivity index is 1.14. The maximum atomic E-state index is 13.0. The normalized spacial score (nSPS) is 41.8. The van der Waals surface area contributed by atoms with Gasteiger partial charge < -0.3 is 15.2 Å². The number of phenols is 1. The average Bonchev–Trinajstić information content (AvgIpc) is 3.28. The molecule has 0 bridgehead atoms. The van der Waals surface area contributed by atoms with Crippen LogP contribution < -0.4 is 5.32 Å². The molecule has 3 saturated carbocycles. The highest BCUT2D eigenvalue weighted by Gasteiger charge is 2.59. The number of carbonyl (C=O) groups is 1. The van der Waals surface area contributed by atoms with E-state index in [-0.39, 0.29) is 23.2 Å². The lowest BCUT2D eigenvalue weighted by Crippen LogP contribution is -2.52. The van der Waals surface area contributed by atoms with Crippen LogP contribution in [0, 0.1) is 60.2 Å². The summed E-state index contributed by atoms with van der Waals surface area (Å²) >= 11 is 0. The molecule has 220 valence electrons. The Morgan fingerprint density at radius 1 is 1.02 bits per heavy atom. The van der Waals surface area contributed by atoms with Crippen LogP contribution in [0.4, 0.5) is 0 Å². The first kappa shape index (κ1) is 28.3. The quantitative estimate of drug-likeness (QED) is 0.295. The highest BCUT2D eigenvalue weighted by molar-refractivity contribution is 5.90. The standard InChI is InChI=1S/C36H53NO3/c1-21-7-12-32(37-20-21)24(4)29-10-11-30-28-9-8-26-19-27(13-15-35(26,5)31(28)14-16-36(29,30)6)40-34(39)25-17-22(2)33(38)23(3)18-25/h8,17-18,21,24,27-32,37-38H,7,9-16,19-20H2,1-6H3. The molecule has 5 aliphatic rings. The number of aromatic hydroxyl groups is 1. The smallest absolute Gasteiger partial charge is 0.338 e. The van der Waals surface area contributed by atoms with Crippen LogP contribution in [0.3, 0.4) is 0 Å². The van der Waals surface area contributed by atoms with Gasteiger partial charge in [0.1, 0.15) is 11.9 Å². The molecule has 1 heterocycles. The van der Waals surface area contributed by atoms with E-state index >= 15 is 0 Å². The van der Waals surface area contributed by atoms with Crippen molar-refractivity contribution >= 4 is 5.97 Å². The van der Waals surface area contributed by atoms with Crippen molar-refractivity contribution in [2.24, 2.45) is 46.3 Å².